The van der Waals surface area contributed by atoms with E-state index in [1.54, 1.807) is 7.11 Å². The van der Waals surface area contributed by atoms with Crippen molar-refractivity contribution in [2.75, 3.05) is 7.11 Å². The fraction of sp³-hybridized carbons (Fsp3) is 0.857. The van der Waals surface area contributed by atoms with Crippen molar-refractivity contribution < 1.29 is 4.74 Å². The van der Waals surface area contributed by atoms with E-state index < -0.39 is 0 Å². The van der Waals surface area contributed by atoms with Crippen LogP contribution in [-0.4, -0.2) is 19.3 Å². The first-order chi connectivity index (χ1) is 4.88. The van der Waals surface area contributed by atoms with E-state index in [1.165, 1.54) is 0 Å². The molecule has 10 heavy (non-hydrogen) atoms. The molecule has 3 nitrogen and oxygen atoms in total. The van der Waals surface area contributed by atoms with E-state index in [4.69, 9.17) is 10.00 Å². The van der Waals surface area contributed by atoms with Crippen LogP contribution in [0.15, 0.2) is 0 Å². The highest BCUT2D eigenvalue weighted by atomic mass is 16.5. The van der Waals surface area contributed by atoms with Crippen LogP contribution < -0.4 is 5.32 Å². The van der Waals surface area contributed by atoms with Crippen LogP contribution in [0.1, 0.15) is 19.3 Å². The first-order valence-corrected chi connectivity index (χ1v) is 3.56. The van der Waals surface area contributed by atoms with Crippen molar-refractivity contribution in [3.63, 3.8) is 0 Å². The molecule has 1 aliphatic rings. The van der Waals surface area contributed by atoms with Crippen LogP contribution in [0.25, 0.3) is 0 Å². The van der Waals surface area contributed by atoms with E-state index in [0.29, 0.717) is 0 Å². The Balaban J connectivity index is 2.36. The number of methoxy groups -OCH3 is 1. The highest BCUT2D eigenvalue weighted by Gasteiger charge is 2.26. The topological polar surface area (TPSA) is 45.0 Å². The minimum Gasteiger partial charge on any atom is -0.379 e. The molecule has 1 rings (SSSR count). The van der Waals surface area contributed by atoms with Gasteiger partial charge in [-0.3, -0.25) is 0 Å². The van der Waals surface area contributed by atoms with Gasteiger partial charge in [0.15, 0.2) is 6.19 Å². The molecule has 1 saturated carbocycles. The maximum absolute atomic E-state index is 8.32. The van der Waals surface area contributed by atoms with E-state index in [-0.39, 0.29) is 12.1 Å². The van der Waals surface area contributed by atoms with Crippen molar-refractivity contribution >= 4 is 0 Å². The van der Waals surface area contributed by atoms with Gasteiger partial charge in [-0.15, -0.1) is 0 Å². The number of nitrogens with one attached hydrogen (secondary N) is 1. The Bertz CT molecular complexity index is 141. The molecule has 56 valence electrons. The summed E-state index contributed by atoms with van der Waals surface area (Å²) >= 11 is 0. The number of nitrogens with zero attached hydrogens (tertiary/aromatic N) is 1. The maximum Gasteiger partial charge on any atom is 0.176 e. The molecule has 1 fully saturated rings. The van der Waals surface area contributed by atoms with Gasteiger partial charge in [-0.25, -0.2) is 0 Å². The molecule has 3 heteroatoms. The minimum atomic E-state index is 0.250. The Labute approximate surface area is 61.0 Å². The lowest BCUT2D eigenvalue weighted by atomic mass is 10.2. The normalized spacial score (nSPS) is 31.6. The third-order valence-electron chi connectivity index (χ3n) is 2.01. The standard InChI is InChI=1S/C7H12N2O/c1-10-7-4-2-3-6(7)9-5-8/h6-7,9H,2-4H2,1H3. The lowest BCUT2D eigenvalue weighted by Crippen LogP contribution is -2.33. The van der Waals surface area contributed by atoms with Gasteiger partial charge in [-0.1, -0.05) is 0 Å². The van der Waals surface area contributed by atoms with Crippen LogP contribution in [-0.2, 0) is 4.74 Å². The number of ether oxygens (including phenoxy) is 1. The SMILES string of the molecule is COC1CCCC1NC#N. The molecular formula is C7H12N2O. The number of hydrogen-bond acceptors (Lipinski definition) is 3. The molecule has 0 radical (unpaired) electrons. The third-order valence-corrected chi connectivity index (χ3v) is 2.01. The van der Waals surface area contributed by atoms with Crippen molar-refractivity contribution in [1.82, 2.24) is 5.32 Å². The molecule has 0 saturated heterocycles. The third kappa shape index (κ3) is 1.39. The van der Waals surface area contributed by atoms with E-state index >= 15 is 0 Å². The summed E-state index contributed by atoms with van der Waals surface area (Å²) in [6.07, 6.45) is 5.50. The molecule has 1 N–H and O–H groups in total. The monoisotopic (exact) mass is 140 g/mol. The van der Waals surface area contributed by atoms with E-state index in [1.807, 2.05) is 6.19 Å². The summed E-state index contributed by atoms with van der Waals surface area (Å²) in [5.41, 5.74) is 0. The Kier molecular flexibility index (Phi) is 2.52. The molecule has 0 heterocycles. The highest BCUT2D eigenvalue weighted by Crippen LogP contribution is 2.20. The summed E-state index contributed by atoms with van der Waals surface area (Å²) in [6, 6.07) is 0.259. The Morgan fingerprint density at radius 1 is 1.60 bits per heavy atom. The summed E-state index contributed by atoms with van der Waals surface area (Å²) < 4.78 is 5.16. The van der Waals surface area contributed by atoms with Gasteiger partial charge in [-0.05, 0) is 19.3 Å². The molecule has 2 atom stereocenters. The van der Waals surface area contributed by atoms with Crippen LogP contribution in [0.5, 0.6) is 0 Å². The molecule has 2 unspecified atom stereocenters. The molecule has 0 amide bonds. The molecule has 0 spiro atoms. The predicted molar refractivity (Wildman–Crippen MR) is 37.2 cm³/mol. The average molecular weight is 140 g/mol. The number of hydrogen-bond donors (Lipinski definition) is 1. The Morgan fingerprint density at radius 2 is 2.40 bits per heavy atom. The van der Waals surface area contributed by atoms with Gasteiger partial charge in [0.05, 0.1) is 12.1 Å². The maximum atomic E-state index is 8.32. The summed E-state index contributed by atoms with van der Waals surface area (Å²) in [7, 11) is 1.70. The average Bonchev–Trinajstić information content (AvgIpc) is 2.36. The summed E-state index contributed by atoms with van der Waals surface area (Å²) in [6.45, 7) is 0. The van der Waals surface area contributed by atoms with Crippen LogP contribution in [0.3, 0.4) is 0 Å². The molecular weight excluding hydrogens is 128 g/mol. The predicted octanol–water partition coefficient (Wildman–Crippen LogP) is 0.625. The van der Waals surface area contributed by atoms with Gasteiger partial charge in [0, 0.05) is 7.11 Å². The smallest absolute Gasteiger partial charge is 0.176 e. The van der Waals surface area contributed by atoms with Gasteiger partial charge in [-0.2, -0.15) is 5.26 Å². The van der Waals surface area contributed by atoms with Crippen molar-refractivity contribution in [3.8, 4) is 6.19 Å². The minimum absolute atomic E-state index is 0.250. The zero-order valence-corrected chi connectivity index (χ0v) is 6.13. The van der Waals surface area contributed by atoms with Gasteiger partial charge >= 0.3 is 0 Å². The van der Waals surface area contributed by atoms with Crippen molar-refractivity contribution in [2.45, 2.75) is 31.4 Å². The molecule has 1 aliphatic carbocycles. The second-order valence-corrected chi connectivity index (χ2v) is 2.57. The second-order valence-electron chi connectivity index (χ2n) is 2.57. The van der Waals surface area contributed by atoms with Gasteiger partial charge in [0.2, 0.25) is 0 Å². The highest BCUT2D eigenvalue weighted by molar-refractivity contribution is 4.88. The first-order valence-electron chi connectivity index (χ1n) is 3.56. The zero-order chi connectivity index (χ0) is 7.40. The quantitative estimate of drug-likeness (QED) is 0.452. The number of nitriles is 1. The van der Waals surface area contributed by atoms with E-state index in [2.05, 4.69) is 5.32 Å². The van der Waals surface area contributed by atoms with Crippen LogP contribution >= 0.6 is 0 Å². The number of rotatable bonds is 2. The zero-order valence-electron chi connectivity index (χ0n) is 6.13. The first kappa shape index (κ1) is 7.36. The van der Waals surface area contributed by atoms with Crippen molar-refractivity contribution in [2.24, 2.45) is 0 Å². The lowest BCUT2D eigenvalue weighted by Gasteiger charge is -2.15. The van der Waals surface area contributed by atoms with Crippen LogP contribution in [0.2, 0.25) is 0 Å². The Hall–Kier alpha value is -0.750. The lowest BCUT2D eigenvalue weighted by molar-refractivity contribution is 0.0898. The Morgan fingerprint density at radius 3 is 3.00 bits per heavy atom. The summed E-state index contributed by atoms with van der Waals surface area (Å²) in [5.74, 6) is 0. The molecule has 0 aromatic heterocycles. The van der Waals surface area contributed by atoms with Gasteiger partial charge in [0.25, 0.3) is 0 Å². The fourth-order valence-electron chi connectivity index (χ4n) is 1.46. The van der Waals surface area contributed by atoms with Crippen LogP contribution in [0, 0.1) is 11.5 Å². The largest absolute Gasteiger partial charge is 0.379 e. The van der Waals surface area contributed by atoms with Crippen molar-refractivity contribution in [3.05, 3.63) is 0 Å². The molecule has 0 aliphatic heterocycles. The molecule has 0 aromatic rings. The second kappa shape index (κ2) is 3.43. The van der Waals surface area contributed by atoms with E-state index in [0.717, 1.165) is 19.3 Å². The van der Waals surface area contributed by atoms with E-state index in [9.17, 15) is 0 Å². The molecule has 0 bridgehead atoms. The summed E-state index contributed by atoms with van der Waals surface area (Å²) in [4.78, 5) is 0. The van der Waals surface area contributed by atoms with Crippen LogP contribution in [0.4, 0.5) is 0 Å². The van der Waals surface area contributed by atoms with Crippen molar-refractivity contribution in [1.29, 1.82) is 5.26 Å². The van der Waals surface area contributed by atoms with Gasteiger partial charge in [0.1, 0.15) is 0 Å². The fourth-order valence-corrected chi connectivity index (χ4v) is 1.46. The molecule has 0 aromatic carbocycles. The summed E-state index contributed by atoms with van der Waals surface area (Å²) in [5, 5.41) is 11.0. The van der Waals surface area contributed by atoms with Gasteiger partial charge < -0.3 is 10.1 Å².